The van der Waals surface area contributed by atoms with E-state index in [4.69, 9.17) is 0 Å². The topological polar surface area (TPSA) is 65.5 Å². The van der Waals surface area contributed by atoms with E-state index in [0.29, 0.717) is 11.3 Å². The molecule has 1 saturated heterocycles. The predicted octanol–water partition coefficient (Wildman–Crippen LogP) is 4.10. The van der Waals surface area contributed by atoms with E-state index in [9.17, 15) is 8.42 Å². The predicted molar refractivity (Wildman–Crippen MR) is 123 cm³/mol. The van der Waals surface area contributed by atoms with Gasteiger partial charge in [-0.1, -0.05) is 30.3 Å². The summed E-state index contributed by atoms with van der Waals surface area (Å²) in [6, 6.07) is 13.6. The standard InChI is InChI=1S/C22H25FN4O2S2/c1-16-19(8-9-20(22(16)23)31(28,29)25-21-14-30-15-24-21)26(2)18-10-11-27(13-18)12-17-6-4-3-5-7-17/h3-9,14-15,18,25H,10-13H2,1-2H3. The maximum Gasteiger partial charge on any atom is 0.266 e. The van der Waals surface area contributed by atoms with Crippen LogP contribution >= 0.6 is 11.3 Å². The van der Waals surface area contributed by atoms with Gasteiger partial charge in [-0.05, 0) is 31.0 Å². The van der Waals surface area contributed by atoms with E-state index < -0.39 is 15.8 Å². The number of halogens is 1. The molecule has 1 unspecified atom stereocenters. The number of benzene rings is 2. The molecule has 1 aliphatic heterocycles. The average Bonchev–Trinajstić information content (AvgIpc) is 3.42. The number of likely N-dealkylation sites (N-methyl/N-ethyl adjacent to an activating group) is 1. The van der Waals surface area contributed by atoms with E-state index in [1.54, 1.807) is 18.4 Å². The molecule has 0 amide bonds. The Labute approximate surface area is 186 Å². The molecular formula is C22H25FN4O2S2. The number of aromatic nitrogens is 1. The second-order valence-corrected chi connectivity index (χ2v) is 10.1. The SMILES string of the molecule is Cc1c(N(C)C2CCN(Cc3ccccc3)C2)ccc(S(=O)(=O)Nc2cscn2)c1F. The number of likely N-dealkylation sites (tertiary alicyclic amines) is 1. The van der Waals surface area contributed by atoms with Crippen molar-refractivity contribution in [3.8, 4) is 0 Å². The van der Waals surface area contributed by atoms with Crippen molar-refractivity contribution in [3.05, 3.63) is 70.3 Å². The lowest BCUT2D eigenvalue weighted by molar-refractivity contribution is 0.326. The Morgan fingerprint density at radius 1 is 1.26 bits per heavy atom. The first-order valence-corrected chi connectivity index (χ1v) is 12.5. The van der Waals surface area contributed by atoms with Gasteiger partial charge in [0.2, 0.25) is 0 Å². The van der Waals surface area contributed by atoms with Gasteiger partial charge >= 0.3 is 0 Å². The van der Waals surface area contributed by atoms with E-state index in [-0.39, 0.29) is 16.8 Å². The van der Waals surface area contributed by atoms with Gasteiger partial charge in [-0.25, -0.2) is 17.8 Å². The van der Waals surface area contributed by atoms with E-state index in [1.807, 2.05) is 25.2 Å². The molecule has 0 radical (unpaired) electrons. The molecule has 3 aromatic rings. The first kappa shape index (κ1) is 21.7. The van der Waals surface area contributed by atoms with E-state index >= 15 is 4.39 Å². The van der Waals surface area contributed by atoms with Crippen LogP contribution in [0, 0.1) is 12.7 Å². The van der Waals surface area contributed by atoms with Crippen LogP contribution in [0.15, 0.2) is 58.3 Å². The van der Waals surface area contributed by atoms with Crippen molar-refractivity contribution in [2.75, 3.05) is 29.8 Å². The van der Waals surface area contributed by atoms with Gasteiger partial charge in [0.15, 0.2) is 5.82 Å². The number of rotatable bonds is 7. The minimum atomic E-state index is -4.05. The molecule has 0 spiro atoms. The monoisotopic (exact) mass is 460 g/mol. The van der Waals surface area contributed by atoms with Crippen LogP contribution in [0.25, 0.3) is 0 Å². The molecule has 1 fully saturated rings. The van der Waals surface area contributed by atoms with Crippen LogP contribution in [-0.2, 0) is 16.6 Å². The lowest BCUT2D eigenvalue weighted by Gasteiger charge is -2.29. The second-order valence-electron chi connectivity index (χ2n) is 7.78. The molecule has 1 atom stereocenters. The molecule has 0 bridgehead atoms. The van der Waals surface area contributed by atoms with E-state index in [2.05, 4.69) is 31.6 Å². The molecule has 1 aliphatic rings. The number of nitrogens with one attached hydrogen (secondary N) is 1. The summed E-state index contributed by atoms with van der Waals surface area (Å²) in [7, 11) is -2.10. The minimum absolute atomic E-state index is 0.188. The first-order valence-electron chi connectivity index (χ1n) is 10.0. The van der Waals surface area contributed by atoms with Crippen molar-refractivity contribution >= 4 is 32.9 Å². The number of sulfonamides is 1. The summed E-state index contributed by atoms with van der Waals surface area (Å²) in [5, 5.41) is 1.56. The Balaban J connectivity index is 1.49. The summed E-state index contributed by atoms with van der Waals surface area (Å²) in [6.07, 6.45) is 0.968. The molecule has 1 aromatic heterocycles. The maximum atomic E-state index is 15.1. The van der Waals surface area contributed by atoms with Gasteiger partial charge in [0.05, 0.1) is 5.51 Å². The largest absolute Gasteiger partial charge is 0.370 e. The van der Waals surface area contributed by atoms with Crippen molar-refractivity contribution in [1.82, 2.24) is 9.88 Å². The van der Waals surface area contributed by atoms with E-state index in [1.165, 1.54) is 28.5 Å². The van der Waals surface area contributed by atoms with Gasteiger partial charge in [0.1, 0.15) is 10.7 Å². The highest BCUT2D eigenvalue weighted by Crippen LogP contribution is 2.31. The summed E-state index contributed by atoms with van der Waals surface area (Å²) < 4.78 is 42.7. The van der Waals surface area contributed by atoms with Crippen LogP contribution in [0.4, 0.5) is 15.9 Å². The highest BCUT2D eigenvalue weighted by molar-refractivity contribution is 7.92. The molecule has 0 aliphatic carbocycles. The molecule has 0 saturated carbocycles. The Bertz CT molecular complexity index is 1140. The van der Waals surface area contributed by atoms with Crippen molar-refractivity contribution < 1.29 is 12.8 Å². The third-order valence-electron chi connectivity index (χ3n) is 5.71. The minimum Gasteiger partial charge on any atom is -0.370 e. The number of thiazole rings is 1. The third kappa shape index (κ3) is 4.73. The normalized spacial score (nSPS) is 17.1. The average molecular weight is 461 g/mol. The van der Waals surface area contributed by atoms with Crippen molar-refractivity contribution in [1.29, 1.82) is 0 Å². The van der Waals surface area contributed by atoms with E-state index in [0.717, 1.165) is 26.1 Å². The molecule has 6 nitrogen and oxygen atoms in total. The van der Waals surface area contributed by atoms with Crippen molar-refractivity contribution in [2.24, 2.45) is 0 Å². The molecule has 4 rings (SSSR count). The van der Waals surface area contributed by atoms with Crippen molar-refractivity contribution in [2.45, 2.75) is 30.8 Å². The van der Waals surface area contributed by atoms with Crippen LogP contribution in [0.1, 0.15) is 17.5 Å². The number of hydrogen-bond donors (Lipinski definition) is 1. The van der Waals surface area contributed by atoms with Crippen LogP contribution in [-0.4, -0.2) is 44.5 Å². The van der Waals surface area contributed by atoms with Crippen molar-refractivity contribution in [3.63, 3.8) is 0 Å². The fourth-order valence-corrected chi connectivity index (χ4v) is 5.70. The number of nitrogens with zero attached hydrogens (tertiary/aromatic N) is 3. The highest BCUT2D eigenvalue weighted by atomic mass is 32.2. The van der Waals surface area contributed by atoms with Gasteiger partial charge in [0, 0.05) is 49.4 Å². The smallest absolute Gasteiger partial charge is 0.266 e. The zero-order valence-electron chi connectivity index (χ0n) is 17.5. The lowest BCUT2D eigenvalue weighted by atomic mass is 10.1. The third-order valence-corrected chi connectivity index (χ3v) is 7.67. The Morgan fingerprint density at radius 2 is 2.03 bits per heavy atom. The Hall–Kier alpha value is -2.49. The fraction of sp³-hybridized carbons (Fsp3) is 0.318. The Kier molecular flexibility index (Phi) is 6.27. The molecule has 2 heterocycles. The molecule has 1 N–H and O–H groups in total. The maximum absolute atomic E-state index is 15.1. The lowest BCUT2D eigenvalue weighted by Crippen LogP contribution is -2.35. The van der Waals surface area contributed by atoms with Crippen LogP contribution in [0.2, 0.25) is 0 Å². The summed E-state index contributed by atoms with van der Waals surface area (Å²) in [5.41, 5.74) is 3.82. The summed E-state index contributed by atoms with van der Waals surface area (Å²) in [5.74, 6) is -0.543. The number of anilines is 2. The first-order chi connectivity index (χ1) is 14.8. The molecular weight excluding hydrogens is 435 g/mol. The quantitative estimate of drug-likeness (QED) is 0.575. The molecule has 2 aromatic carbocycles. The highest BCUT2D eigenvalue weighted by Gasteiger charge is 2.29. The summed E-state index contributed by atoms with van der Waals surface area (Å²) in [6.45, 7) is 4.35. The van der Waals surface area contributed by atoms with Crippen LogP contribution < -0.4 is 9.62 Å². The molecule has 164 valence electrons. The second kappa shape index (κ2) is 8.94. The van der Waals surface area contributed by atoms with Crippen LogP contribution in [0.5, 0.6) is 0 Å². The van der Waals surface area contributed by atoms with Gasteiger partial charge in [-0.15, -0.1) is 11.3 Å². The molecule has 9 heteroatoms. The number of hydrogen-bond acceptors (Lipinski definition) is 6. The van der Waals surface area contributed by atoms with Gasteiger partial charge in [-0.3, -0.25) is 9.62 Å². The zero-order chi connectivity index (χ0) is 22.0. The van der Waals surface area contributed by atoms with Gasteiger partial charge in [0.25, 0.3) is 10.0 Å². The zero-order valence-corrected chi connectivity index (χ0v) is 19.1. The fourth-order valence-electron chi connectivity index (χ4n) is 4.01. The Morgan fingerprint density at radius 3 is 2.74 bits per heavy atom. The molecule has 31 heavy (non-hydrogen) atoms. The van der Waals surface area contributed by atoms with Gasteiger partial charge < -0.3 is 4.90 Å². The van der Waals surface area contributed by atoms with Crippen LogP contribution in [0.3, 0.4) is 0 Å². The summed E-state index contributed by atoms with van der Waals surface area (Å²) >= 11 is 1.26. The van der Waals surface area contributed by atoms with Gasteiger partial charge in [-0.2, -0.15) is 0 Å². The summed E-state index contributed by atoms with van der Waals surface area (Å²) in [4.78, 5) is 7.99.